The van der Waals surface area contributed by atoms with Gasteiger partial charge in [-0.25, -0.2) is 23.5 Å². The Morgan fingerprint density at radius 3 is 2.48 bits per heavy atom. The Hall–Kier alpha value is -2.97. The third kappa shape index (κ3) is 4.60. The largest absolute Gasteiger partial charge is 0.367 e. The van der Waals surface area contributed by atoms with Crippen LogP contribution in [0.3, 0.4) is 0 Å². The lowest BCUT2D eigenvalue weighted by Crippen LogP contribution is -2.44. The van der Waals surface area contributed by atoms with E-state index in [1.807, 2.05) is 25.1 Å². The first-order chi connectivity index (χ1) is 12.9. The Morgan fingerprint density at radius 2 is 1.85 bits per heavy atom. The first-order valence-corrected chi connectivity index (χ1v) is 8.70. The lowest BCUT2D eigenvalue weighted by atomic mass is 10.1. The van der Waals surface area contributed by atoms with Gasteiger partial charge in [-0.1, -0.05) is 6.07 Å². The molecule has 1 aromatic carbocycles. The number of carbonyl (C=O) groups is 1. The molecule has 1 fully saturated rings. The summed E-state index contributed by atoms with van der Waals surface area (Å²) in [6.07, 6.45) is 2.91. The van der Waals surface area contributed by atoms with Crippen molar-refractivity contribution in [2.45, 2.75) is 18.9 Å². The average Bonchev–Trinajstić information content (AvgIpc) is 2.65. The second kappa shape index (κ2) is 8.15. The molecule has 7 nitrogen and oxygen atoms in total. The summed E-state index contributed by atoms with van der Waals surface area (Å²) >= 11 is 0. The first-order valence-electron chi connectivity index (χ1n) is 8.70. The molecule has 144 valence electrons. The van der Waals surface area contributed by atoms with Crippen LogP contribution in [0.1, 0.15) is 12.8 Å². The van der Waals surface area contributed by atoms with E-state index in [2.05, 4.69) is 20.6 Å². The molecule has 9 heteroatoms. The number of urea groups is 1. The van der Waals surface area contributed by atoms with E-state index in [0.717, 1.165) is 23.8 Å². The Labute approximate surface area is 156 Å². The summed E-state index contributed by atoms with van der Waals surface area (Å²) in [5.41, 5.74) is -0.417. The van der Waals surface area contributed by atoms with E-state index in [9.17, 15) is 13.6 Å². The van der Waals surface area contributed by atoms with Gasteiger partial charge in [-0.05, 0) is 25.0 Å². The van der Waals surface area contributed by atoms with Gasteiger partial charge in [-0.15, -0.1) is 0 Å². The Balaban J connectivity index is 1.54. The smallest absolute Gasteiger partial charge is 0.322 e. The number of anilines is 3. The van der Waals surface area contributed by atoms with Crippen LogP contribution in [-0.4, -0.2) is 54.1 Å². The number of para-hydroxylation sites is 1. The molecule has 1 aromatic heterocycles. The van der Waals surface area contributed by atoms with Crippen molar-refractivity contribution in [2.24, 2.45) is 0 Å². The number of piperidine rings is 1. The van der Waals surface area contributed by atoms with E-state index in [4.69, 9.17) is 0 Å². The van der Waals surface area contributed by atoms with Gasteiger partial charge in [0.05, 0.1) is 0 Å². The van der Waals surface area contributed by atoms with Crippen molar-refractivity contribution < 1.29 is 13.6 Å². The van der Waals surface area contributed by atoms with Gasteiger partial charge in [0, 0.05) is 39.3 Å². The molecule has 0 bridgehead atoms. The van der Waals surface area contributed by atoms with Crippen molar-refractivity contribution in [3.63, 3.8) is 0 Å². The highest BCUT2D eigenvalue weighted by molar-refractivity contribution is 5.89. The van der Waals surface area contributed by atoms with E-state index in [-0.39, 0.29) is 6.04 Å². The molecule has 2 N–H and O–H groups in total. The van der Waals surface area contributed by atoms with Crippen LogP contribution in [0.15, 0.2) is 30.6 Å². The third-order valence-corrected chi connectivity index (χ3v) is 4.44. The standard InChI is InChI=1S/C18H22F2N6O/c1-25(2)16-10-15(21-11-22-16)23-12-6-8-26(9-7-12)18(27)24-17-13(19)4-3-5-14(17)20/h3-5,10-12H,6-9H2,1-2H3,(H,24,27)(H,21,22,23). The van der Waals surface area contributed by atoms with Crippen molar-refractivity contribution in [1.29, 1.82) is 0 Å². The molecule has 1 saturated heterocycles. The summed E-state index contributed by atoms with van der Waals surface area (Å²) in [5.74, 6) is -0.0537. The van der Waals surface area contributed by atoms with E-state index < -0.39 is 23.4 Å². The molecule has 3 rings (SSSR count). The van der Waals surface area contributed by atoms with Crippen molar-refractivity contribution in [3.05, 3.63) is 42.2 Å². The number of nitrogens with one attached hydrogen (secondary N) is 2. The number of halogens is 2. The summed E-state index contributed by atoms with van der Waals surface area (Å²) < 4.78 is 27.3. The summed E-state index contributed by atoms with van der Waals surface area (Å²) in [5, 5.41) is 5.67. The molecule has 1 aliphatic rings. The highest BCUT2D eigenvalue weighted by Gasteiger charge is 2.24. The second-order valence-corrected chi connectivity index (χ2v) is 6.59. The summed E-state index contributed by atoms with van der Waals surface area (Å²) in [7, 11) is 3.81. The highest BCUT2D eigenvalue weighted by atomic mass is 19.1. The maximum Gasteiger partial charge on any atom is 0.322 e. The predicted molar refractivity (Wildman–Crippen MR) is 100.0 cm³/mol. The zero-order valence-electron chi connectivity index (χ0n) is 15.2. The van der Waals surface area contributed by atoms with Crippen LogP contribution in [0.5, 0.6) is 0 Å². The zero-order valence-corrected chi connectivity index (χ0v) is 15.2. The van der Waals surface area contributed by atoms with Gasteiger partial charge in [-0.3, -0.25) is 0 Å². The molecule has 1 aliphatic heterocycles. The lowest BCUT2D eigenvalue weighted by molar-refractivity contribution is 0.196. The number of benzene rings is 1. The average molecular weight is 376 g/mol. The minimum atomic E-state index is -0.791. The van der Waals surface area contributed by atoms with Crippen LogP contribution in [0.2, 0.25) is 0 Å². The maximum absolute atomic E-state index is 13.7. The number of likely N-dealkylation sites (tertiary alicyclic amines) is 1. The fourth-order valence-electron chi connectivity index (χ4n) is 2.91. The van der Waals surface area contributed by atoms with Gasteiger partial charge < -0.3 is 20.4 Å². The molecule has 2 heterocycles. The maximum atomic E-state index is 13.7. The number of hydrogen-bond acceptors (Lipinski definition) is 5. The number of aromatic nitrogens is 2. The predicted octanol–water partition coefficient (Wildman–Crippen LogP) is 2.93. The molecular weight excluding hydrogens is 354 g/mol. The van der Waals surface area contributed by atoms with Crippen LogP contribution < -0.4 is 15.5 Å². The number of carbonyl (C=O) groups excluding carboxylic acids is 1. The first kappa shape index (κ1) is 18.8. The van der Waals surface area contributed by atoms with Gasteiger partial charge in [0.1, 0.15) is 35.3 Å². The van der Waals surface area contributed by atoms with Gasteiger partial charge in [0.25, 0.3) is 0 Å². The number of nitrogens with zero attached hydrogens (tertiary/aromatic N) is 4. The molecule has 2 aromatic rings. The van der Waals surface area contributed by atoms with Crippen molar-refractivity contribution >= 4 is 23.4 Å². The summed E-state index contributed by atoms with van der Waals surface area (Å²) in [4.78, 5) is 24.1. The normalized spacial score (nSPS) is 14.7. The van der Waals surface area contributed by atoms with Crippen LogP contribution in [0.4, 0.5) is 30.9 Å². The minimum absolute atomic E-state index is 0.157. The summed E-state index contributed by atoms with van der Waals surface area (Å²) in [6.45, 7) is 0.955. The zero-order chi connectivity index (χ0) is 19.4. The molecule has 27 heavy (non-hydrogen) atoms. The molecular formula is C18H22F2N6O. The van der Waals surface area contributed by atoms with E-state index in [0.29, 0.717) is 25.9 Å². The molecule has 2 amide bonds. The summed E-state index contributed by atoms with van der Waals surface area (Å²) in [6, 6.07) is 4.99. The number of hydrogen-bond donors (Lipinski definition) is 2. The molecule has 0 spiro atoms. The quantitative estimate of drug-likeness (QED) is 0.858. The SMILES string of the molecule is CN(C)c1cc(NC2CCN(C(=O)Nc3c(F)cccc3F)CC2)ncn1. The van der Waals surface area contributed by atoms with Gasteiger partial charge >= 0.3 is 6.03 Å². The van der Waals surface area contributed by atoms with Crippen LogP contribution >= 0.6 is 0 Å². The van der Waals surface area contributed by atoms with Crippen molar-refractivity contribution in [3.8, 4) is 0 Å². The highest BCUT2D eigenvalue weighted by Crippen LogP contribution is 2.21. The molecule has 0 aliphatic carbocycles. The van der Waals surface area contributed by atoms with E-state index in [1.165, 1.54) is 12.4 Å². The van der Waals surface area contributed by atoms with E-state index in [1.54, 1.807) is 4.90 Å². The second-order valence-electron chi connectivity index (χ2n) is 6.59. The van der Waals surface area contributed by atoms with E-state index >= 15 is 0 Å². The Morgan fingerprint density at radius 1 is 1.19 bits per heavy atom. The Kier molecular flexibility index (Phi) is 5.68. The van der Waals surface area contributed by atoms with Crippen LogP contribution in [-0.2, 0) is 0 Å². The van der Waals surface area contributed by atoms with Crippen LogP contribution in [0, 0.1) is 11.6 Å². The number of rotatable bonds is 4. The Bertz CT molecular complexity index is 788. The van der Waals surface area contributed by atoms with Crippen LogP contribution in [0.25, 0.3) is 0 Å². The van der Waals surface area contributed by atoms with Gasteiger partial charge in [0.2, 0.25) is 0 Å². The fourth-order valence-corrected chi connectivity index (χ4v) is 2.91. The molecule has 0 unspecified atom stereocenters. The topological polar surface area (TPSA) is 73.4 Å². The van der Waals surface area contributed by atoms with Crippen molar-refractivity contribution in [1.82, 2.24) is 14.9 Å². The number of amides is 2. The van der Waals surface area contributed by atoms with Gasteiger partial charge in [-0.2, -0.15) is 0 Å². The fraction of sp³-hybridized carbons (Fsp3) is 0.389. The third-order valence-electron chi connectivity index (χ3n) is 4.44. The monoisotopic (exact) mass is 376 g/mol. The lowest BCUT2D eigenvalue weighted by Gasteiger charge is -2.32. The molecule has 0 saturated carbocycles. The van der Waals surface area contributed by atoms with Gasteiger partial charge in [0.15, 0.2) is 0 Å². The van der Waals surface area contributed by atoms with Crippen molar-refractivity contribution in [2.75, 3.05) is 42.7 Å². The molecule has 0 radical (unpaired) electrons. The molecule has 0 atom stereocenters. The minimum Gasteiger partial charge on any atom is -0.367 e.